The monoisotopic (exact) mass is 352 g/mol. The maximum absolute atomic E-state index is 11.5. The Morgan fingerprint density at radius 2 is 1.42 bits per heavy atom. The molecule has 0 heterocycles. The van der Waals surface area contributed by atoms with E-state index in [0.717, 1.165) is 0 Å². The molecule has 0 amide bonds. The number of aliphatic hydroxyl groups is 1. The fourth-order valence-corrected chi connectivity index (χ4v) is 1.59. The molecule has 0 bridgehead atoms. The van der Waals surface area contributed by atoms with Crippen LogP contribution in [0.5, 0.6) is 0 Å². The largest absolute Gasteiger partial charge is 0.463 e. The summed E-state index contributed by atoms with van der Waals surface area (Å²) in [7, 11) is 0. The average molecular weight is 352 g/mol. The average Bonchev–Trinajstić information content (AvgIpc) is 2.71. The Labute approximate surface area is 143 Å². The molecule has 0 saturated heterocycles. The fraction of sp³-hybridized carbons (Fsp3) is 0.643. The van der Waals surface area contributed by atoms with Gasteiger partial charge in [-0.05, 0) is 0 Å². The van der Waals surface area contributed by atoms with Gasteiger partial charge in [-0.15, -0.1) is 0 Å². The lowest BCUT2D eigenvalue weighted by atomic mass is 10.0. The third kappa shape index (κ3) is 8.22. The van der Waals surface area contributed by atoms with Crippen LogP contribution in [-0.4, -0.2) is 66.3 Å². The van der Waals surface area contributed by atoms with Crippen LogP contribution in [0.3, 0.4) is 0 Å². The zero-order valence-corrected chi connectivity index (χ0v) is 12.5. The number of rotatable bonds is 9. The molecule has 24 heavy (non-hydrogen) atoms. The molecule has 1 N–H and O–H groups in total. The standard InChI is InChI=1S/C14H20O10/c1-7(16)21-6-11(20)13(23-9(3)18)14(24-10(4)19)12(5-15)22-8(2)17/h5,11-14,20H,6H2,1-4H3/t11-,12+,13+,14-/m1/s1/i1D,2D,3D,4D. The van der Waals surface area contributed by atoms with Crippen LogP contribution in [0.25, 0.3) is 0 Å². The highest BCUT2D eigenvalue weighted by molar-refractivity contribution is 5.72. The molecule has 0 aromatic rings. The first-order valence-electron chi connectivity index (χ1n) is 9.11. The summed E-state index contributed by atoms with van der Waals surface area (Å²) in [5, 5.41) is 10.2. The molecule has 136 valence electrons. The predicted molar refractivity (Wildman–Crippen MR) is 75.4 cm³/mol. The van der Waals surface area contributed by atoms with Gasteiger partial charge in [0.15, 0.2) is 24.6 Å². The minimum absolute atomic E-state index is 0.0144. The molecule has 0 unspecified atom stereocenters. The van der Waals surface area contributed by atoms with Crippen molar-refractivity contribution in [2.75, 3.05) is 6.61 Å². The molecular weight excluding hydrogens is 328 g/mol. The molecule has 4 atom stereocenters. The lowest BCUT2D eigenvalue weighted by molar-refractivity contribution is -0.195. The number of hydrogen-bond acceptors (Lipinski definition) is 10. The molecule has 0 spiro atoms. The second kappa shape index (κ2) is 10.3. The predicted octanol–water partition coefficient (Wildman–Crippen LogP) is -1.10. The summed E-state index contributed by atoms with van der Waals surface area (Å²) in [6.45, 7) is -4.38. The van der Waals surface area contributed by atoms with Crippen LogP contribution in [0.15, 0.2) is 0 Å². The number of aliphatic hydroxyl groups excluding tert-OH is 1. The molecule has 0 rings (SSSR count). The van der Waals surface area contributed by atoms with Crippen molar-refractivity contribution in [3.05, 3.63) is 0 Å². The van der Waals surface area contributed by atoms with Crippen LogP contribution in [0.2, 0.25) is 0 Å². The Kier molecular flexibility index (Phi) is 6.47. The number of hydrogen-bond donors (Lipinski definition) is 1. The molecule has 0 aliphatic carbocycles. The van der Waals surface area contributed by atoms with E-state index in [1.54, 1.807) is 0 Å². The van der Waals surface area contributed by atoms with Gasteiger partial charge >= 0.3 is 23.9 Å². The first kappa shape index (κ1) is 15.1. The van der Waals surface area contributed by atoms with E-state index in [1.165, 1.54) is 0 Å². The van der Waals surface area contributed by atoms with E-state index >= 15 is 0 Å². The first-order chi connectivity index (χ1) is 13.2. The molecule has 0 aromatic carbocycles. The molecule has 10 heteroatoms. The Morgan fingerprint density at radius 3 is 1.92 bits per heavy atom. The van der Waals surface area contributed by atoms with Crippen molar-refractivity contribution in [1.29, 1.82) is 0 Å². The van der Waals surface area contributed by atoms with Crippen molar-refractivity contribution in [3.8, 4) is 0 Å². The van der Waals surface area contributed by atoms with Gasteiger partial charge in [0.2, 0.25) is 0 Å². The van der Waals surface area contributed by atoms with Gasteiger partial charge in [-0.25, -0.2) is 0 Å². The van der Waals surface area contributed by atoms with Crippen LogP contribution in [0.4, 0.5) is 0 Å². The summed E-state index contributed by atoms with van der Waals surface area (Å²) in [5.74, 6) is -4.71. The van der Waals surface area contributed by atoms with Crippen LogP contribution in [-0.2, 0) is 42.9 Å². The Balaban J connectivity index is 5.77. The lowest BCUT2D eigenvalue weighted by Gasteiger charge is -2.31. The number of aldehydes is 1. The topological polar surface area (TPSA) is 143 Å². The van der Waals surface area contributed by atoms with Crippen LogP contribution in [0, 0.1) is 0 Å². The summed E-state index contributed by atoms with van der Waals surface area (Å²) in [6, 6.07) is 0. The summed E-state index contributed by atoms with van der Waals surface area (Å²) < 4.78 is 46.4. The molecular formula is C14H20O10. The summed E-state index contributed by atoms with van der Waals surface area (Å²) in [5.41, 5.74) is 0. The van der Waals surface area contributed by atoms with E-state index in [2.05, 4.69) is 9.47 Å². The van der Waals surface area contributed by atoms with Gasteiger partial charge in [0.1, 0.15) is 12.7 Å². The second-order valence-corrected chi connectivity index (χ2v) is 4.25. The Morgan fingerprint density at radius 1 is 0.917 bits per heavy atom. The summed E-state index contributed by atoms with van der Waals surface area (Å²) in [4.78, 5) is 56.7. The van der Waals surface area contributed by atoms with Gasteiger partial charge in [-0.2, -0.15) is 0 Å². The van der Waals surface area contributed by atoms with Crippen molar-refractivity contribution in [2.24, 2.45) is 0 Å². The van der Waals surface area contributed by atoms with Crippen molar-refractivity contribution in [1.82, 2.24) is 0 Å². The zero-order chi connectivity index (χ0) is 21.7. The molecule has 0 radical (unpaired) electrons. The van der Waals surface area contributed by atoms with E-state index in [4.69, 9.17) is 15.0 Å². The highest BCUT2D eigenvalue weighted by atomic mass is 16.6. The summed E-state index contributed by atoms with van der Waals surface area (Å²) in [6.07, 6.45) is -7.74. The van der Waals surface area contributed by atoms with Crippen molar-refractivity contribution < 1.29 is 53.5 Å². The van der Waals surface area contributed by atoms with Gasteiger partial charge in [-0.1, -0.05) is 0 Å². The normalized spacial score (nSPS) is 17.4. The van der Waals surface area contributed by atoms with E-state index < -0.39 is 82.5 Å². The maximum Gasteiger partial charge on any atom is 0.303 e. The molecule has 0 saturated carbocycles. The van der Waals surface area contributed by atoms with Crippen LogP contribution in [0.1, 0.15) is 33.1 Å². The van der Waals surface area contributed by atoms with Gasteiger partial charge in [-0.3, -0.25) is 24.0 Å². The van der Waals surface area contributed by atoms with Crippen molar-refractivity contribution in [3.63, 3.8) is 0 Å². The smallest absolute Gasteiger partial charge is 0.303 e. The molecule has 0 aliphatic heterocycles. The zero-order valence-electron chi connectivity index (χ0n) is 16.5. The second-order valence-electron chi connectivity index (χ2n) is 4.25. The number of carbonyl (C=O) groups is 5. The maximum atomic E-state index is 11.5. The third-order valence-electron chi connectivity index (χ3n) is 2.38. The van der Waals surface area contributed by atoms with E-state index in [0.29, 0.717) is 0 Å². The fourth-order valence-electron chi connectivity index (χ4n) is 1.59. The third-order valence-corrected chi connectivity index (χ3v) is 2.38. The van der Waals surface area contributed by atoms with Gasteiger partial charge in [0, 0.05) is 33.1 Å². The highest BCUT2D eigenvalue weighted by Crippen LogP contribution is 2.17. The minimum atomic E-state index is -1.95. The summed E-state index contributed by atoms with van der Waals surface area (Å²) >= 11 is 0. The Hall–Kier alpha value is -2.49. The molecule has 10 nitrogen and oxygen atoms in total. The number of esters is 4. The van der Waals surface area contributed by atoms with E-state index in [9.17, 15) is 29.1 Å². The van der Waals surface area contributed by atoms with E-state index in [1.807, 2.05) is 0 Å². The number of ether oxygens (including phenoxy) is 4. The van der Waals surface area contributed by atoms with Gasteiger partial charge < -0.3 is 24.1 Å². The van der Waals surface area contributed by atoms with Crippen LogP contribution < -0.4 is 0 Å². The Bertz CT molecular complexity index is 558. The molecule has 0 fully saturated rings. The van der Waals surface area contributed by atoms with Crippen LogP contribution >= 0.6 is 0 Å². The number of carbonyl (C=O) groups excluding carboxylic acids is 5. The lowest BCUT2D eigenvalue weighted by Crippen LogP contribution is -2.52. The van der Waals surface area contributed by atoms with Crippen molar-refractivity contribution >= 4 is 30.2 Å². The highest BCUT2D eigenvalue weighted by Gasteiger charge is 2.41. The van der Waals surface area contributed by atoms with Crippen molar-refractivity contribution in [2.45, 2.75) is 52.0 Å². The van der Waals surface area contributed by atoms with Gasteiger partial charge in [0.25, 0.3) is 0 Å². The van der Waals surface area contributed by atoms with E-state index in [-0.39, 0.29) is 6.29 Å². The van der Waals surface area contributed by atoms with Gasteiger partial charge in [0.05, 0.1) is 0 Å². The molecule has 0 aromatic heterocycles. The molecule has 0 aliphatic rings. The quantitative estimate of drug-likeness (QED) is 0.309. The minimum Gasteiger partial charge on any atom is -0.463 e. The first-order valence-corrected chi connectivity index (χ1v) is 6.28. The SMILES string of the molecule is [2H]CC(=O)OC[C@@H](O)[C@H](OC(=O)C[2H])[C@H](OC(=O)C[2H])[C@H](C=O)OC(=O)C[2H].